The van der Waals surface area contributed by atoms with Crippen LogP contribution in [-0.4, -0.2) is 47.3 Å². The zero-order valence-electron chi connectivity index (χ0n) is 14.8. The van der Waals surface area contributed by atoms with Gasteiger partial charge in [0.25, 0.3) is 0 Å². The first kappa shape index (κ1) is 16.7. The molecule has 4 atom stereocenters. The highest BCUT2D eigenvalue weighted by Gasteiger charge is 2.51. The number of nitrogens with zero attached hydrogens (tertiary/aromatic N) is 1. The summed E-state index contributed by atoms with van der Waals surface area (Å²) < 4.78 is 12.7. The van der Waals surface area contributed by atoms with Gasteiger partial charge in [0, 0.05) is 24.6 Å². The minimum atomic E-state index is -0.423. The van der Waals surface area contributed by atoms with Crippen molar-refractivity contribution >= 4 is 5.91 Å². The smallest absolute Gasteiger partial charge is 0.231 e. The van der Waals surface area contributed by atoms with Gasteiger partial charge in [0.1, 0.15) is 5.60 Å². The van der Waals surface area contributed by atoms with Gasteiger partial charge >= 0.3 is 0 Å². The van der Waals surface area contributed by atoms with Crippen molar-refractivity contribution in [2.75, 3.05) is 19.6 Å². The Balaban J connectivity index is 1.61. The molecule has 25 heavy (non-hydrogen) atoms. The summed E-state index contributed by atoms with van der Waals surface area (Å²) in [7, 11) is 0. The monoisotopic (exact) mass is 346 g/mol. The van der Waals surface area contributed by atoms with Crippen molar-refractivity contribution in [2.24, 2.45) is 17.6 Å². The number of phenolic OH excluding ortho intramolecular Hbond substituents is 1. The van der Waals surface area contributed by atoms with Gasteiger partial charge in [-0.15, -0.1) is 0 Å². The van der Waals surface area contributed by atoms with Gasteiger partial charge in [-0.3, -0.25) is 9.69 Å². The first-order chi connectivity index (χ1) is 11.8. The van der Waals surface area contributed by atoms with Gasteiger partial charge in [0.15, 0.2) is 11.5 Å². The topological polar surface area (TPSA) is 85.0 Å². The lowest BCUT2D eigenvalue weighted by atomic mass is 9.70. The molecular weight excluding hydrogens is 320 g/mol. The summed E-state index contributed by atoms with van der Waals surface area (Å²) in [6.07, 6.45) is 1.99. The Labute approximate surface area is 147 Å². The highest BCUT2D eigenvalue weighted by molar-refractivity contribution is 5.75. The van der Waals surface area contributed by atoms with Crippen molar-refractivity contribution in [1.82, 2.24) is 4.90 Å². The molecule has 6 nitrogen and oxygen atoms in total. The number of hydrogen-bond acceptors (Lipinski definition) is 5. The number of aromatic hydroxyl groups is 1. The molecule has 1 amide bonds. The van der Waals surface area contributed by atoms with E-state index in [2.05, 4.69) is 18.7 Å². The molecule has 3 N–H and O–H groups in total. The van der Waals surface area contributed by atoms with E-state index in [-0.39, 0.29) is 29.8 Å². The fourth-order valence-corrected chi connectivity index (χ4v) is 4.74. The van der Waals surface area contributed by atoms with Crippen LogP contribution in [0.1, 0.15) is 38.4 Å². The molecule has 3 aliphatic rings. The lowest BCUT2D eigenvalue weighted by Gasteiger charge is -2.53. The van der Waals surface area contributed by atoms with Gasteiger partial charge in [0.2, 0.25) is 5.91 Å². The molecule has 136 valence electrons. The van der Waals surface area contributed by atoms with Crippen LogP contribution >= 0.6 is 0 Å². The summed E-state index contributed by atoms with van der Waals surface area (Å²) in [6, 6.07) is 5.49. The molecule has 2 fully saturated rings. The number of likely N-dealkylation sites (tertiary alicyclic amines) is 1. The Bertz CT molecular complexity index is 690. The van der Waals surface area contributed by atoms with Gasteiger partial charge in [-0.05, 0) is 38.7 Å². The second-order valence-corrected chi connectivity index (χ2v) is 8.09. The molecule has 0 aromatic heterocycles. The molecular formula is C19H26N2O4. The number of amides is 1. The Kier molecular flexibility index (Phi) is 3.92. The number of carbonyl (C=O) groups is 1. The SMILES string of the molecule is CC1(C)Oc2c(O)cccc2[C@@H]2O[C@@H]3CCN(CC(N)=O)C[C@H]3C[C@H]21. The molecule has 6 heteroatoms. The van der Waals surface area contributed by atoms with E-state index in [0.29, 0.717) is 18.2 Å². The van der Waals surface area contributed by atoms with E-state index in [1.807, 2.05) is 12.1 Å². The van der Waals surface area contributed by atoms with Crippen LogP contribution in [0.5, 0.6) is 11.5 Å². The van der Waals surface area contributed by atoms with Crippen LogP contribution in [0.2, 0.25) is 0 Å². The highest BCUT2D eigenvalue weighted by Crippen LogP contribution is 2.54. The van der Waals surface area contributed by atoms with E-state index in [9.17, 15) is 9.90 Å². The summed E-state index contributed by atoms with van der Waals surface area (Å²) in [5.74, 6) is 1.02. The fraction of sp³-hybridized carbons (Fsp3) is 0.632. The maximum Gasteiger partial charge on any atom is 0.231 e. The molecule has 1 aromatic rings. The highest BCUT2D eigenvalue weighted by atomic mass is 16.5. The van der Waals surface area contributed by atoms with Gasteiger partial charge in [-0.25, -0.2) is 0 Å². The maximum atomic E-state index is 11.2. The molecule has 4 rings (SSSR count). The summed E-state index contributed by atoms with van der Waals surface area (Å²) in [6.45, 7) is 6.10. The Morgan fingerprint density at radius 1 is 1.44 bits per heavy atom. The summed E-state index contributed by atoms with van der Waals surface area (Å²) >= 11 is 0. The van der Waals surface area contributed by atoms with Gasteiger partial charge in [-0.2, -0.15) is 0 Å². The Hall–Kier alpha value is -1.79. The van der Waals surface area contributed by atoms with Crippen molar-refractivity contribution in [3.8, 4) is 11.5 Å². The van der Waals surface area contributed by atoms with Crippen LogP contribution < -0.4 is 10.5 Å². The average molecular weight is 346 g/mol. The third-order valence-electron chi connectivity index (χ3n) is 5.96. The number of para-hydroxylation sites is 1. The quantitative estimate of drug-likeness (QED) is 0.853. The Morgan fingerprint density at radius 3 is 3.00 bits per heavy atom. The number of carbonyl (C=O) groups excluding carboxylic acids is 1. The van der Waals surface area contributed by atoms with Crippen molar-refractivity contribution in [3.63, 3.8) is 0 Å². The van der Waals surface area contributed by atoms with Crippen molar-refractivity contribution in [1.29, 1.82) is 0 Å². The van der Waals surface area contributed by atoms with E-state index in [1.54, 1.807) is 6.07 Å². The molecule has 0 saturated carbocycles. The number of primary amides is 1. The molecule has 3 aliphatic heterocycles. The number of fused-ring (bicyclic) bond motifs is 4. The van der Waals surface area contributed by atoms with Crippen LogP contribution in [-0.2, 0) is 9.53 Å². The molecule has 3 heterocycles. The lowest BCUT2D eigenvalue weighted by Crippen LogP contribution is -2.55. The molecule has 0 spiro atoms. The van der Waals surface area contributed by atoms with E-state index in [4.69, 9.17) is 15.2 Å². The molecule has 0 aliphatic carbocycles. The van der Waals surface area contributed by atoms with Crippen LogP contribution in [0, 0.1) is 11.8 Å². The van der Waals surface area contributed by atoms with E-state index >= 15 is 0 Å². The zero-order valence-corrected chi connectivity index (χ0v) is 14.8. The second-order valence-electron chi connectivity index (χ2n) is 8.09. The fourth-order valence-electron chi connectivity index (χ4n) is 4.74. The van der Waals surface area contributed by atoms with Crippen LogP contribution in [0.4, 0.5) is 0 Å². The number of ether oxygens (including phenoxy) is 2. The third kappa shape index (κ3) is 2.87. The van der Waals surface area contributed by atoms with Crippen molar-refractivity contribution < 1.29 is 19.4 Å². The number of piperidine rings is 1. The zero-order chi connectivity index (χ0) is 17.8. The summed E-state index contributed by atoms with van der Waals surface area (Å²) in [4.78, 5) is 13.4. The van der Waals surface area contributed by atoms with E-state index in [0.717, 1.165) is 31.5 Å². The third-order valence-corrected chi connectivity index (χ3v) is 5.96. The molecule has 0 unspecified atom stereocenters. The minimum absolute atomic E-state index is 0.0604. The minimum Gasteiger partial charge on any atom is -0.504 e. The number of rotatable bonds is 2. The summed E-state index contributed by atoms with van der Waals surface area (Å²) in [5, 5.41) is 10.2. The number of nitrogens with two attached hydrogens (primary N) is 1. The van der Waals surface area contributed by atoms with Crippen molar-refractivity contribution in [3.05, 3.63) is 23.8 Å². The second kappa shape index (κ2) is 5.88. The molecule has 2 saturated heterocycles. The van der Waals surface area contributed by atoms with E-state index < -0.39 is 5.60 Å². The predicted molar refractivity (Wildman–Crippen MR) is 92.3 cm³/mol. The molecule has 0 radical (unpaired) electrons. The van der Waals surface area contributed by atoms with E-state index in [1.165, 1.54) is 0 Å². The average Bonchev–Trinajstić information content (AvgIpc) is 2.54. The number of hydrogen-bond donors (Lipinski definition) is 2. The standard InChI is InChI=1S/C19H26N2O4/c1-19(2)13-8-11-9-21(10-16(20)23)7-6-15(11)24-17(13)12-4-3-5-14(22)18(12)25-19/h3-5,11,13,15,17,22H,6-10H2,1-2H3,(H2,20,23)/t11-,13-,15-,17+/m1/s1. The molecule has 1 aromatic carbocycles. The van der Waals surface area contributed by atoms with Crippen LogP contribution in [0.3, 0.4) is 0 Å². The first-order valence-electron chi connectivity index (χ1n) is 9.02. The first-order valence-corrected chi connectivity index (χ1v) is 9.02. The molecule has 0 bridgehead atoms. The normalized spacial score (nSPS) is 33.5. The largest absolute Gasteiger partial charge is 0.504 e. The lowest BCUT2D eigenvalue weighted by molar-refractivity contribution is -0.187. The number of benzene rings is 1. The number of phenols is 1. The van der Waals surface area contributed by atoms with Gasteiger partial charge < -0.3 is 20.3 Å². The van der Waals surface area contributed by atoms with Crippen LogP contribution in [0.15, 0.2) is 18.2 Å². The van der Waals surface area contributed by atoms with Gasteiger partial charge in [0.05, 0.1) is 18.8 Å². The predicted octanol–water partition coefficient (Wildman–Crippen LogP) is 1.82. The maximum absolute atomic E-state index is 11.2. The Morgan fingerprint density at radius 2 is 2.24 bits per heavy atom. The van der Waals surface area contributed by atoms with Crippen LogP contribution in [0.25, 0.3) is 0 Å². The van der Waals surface area contributed by atoms with Crippen molar-refractivity contribution in [2.45, 2.75) is 44.5 Å². The summed E-state index contributed by atoms with van der Waals surface area (Å²) in [5.41, 5.74) is 5.88. The van der Waals surface area contributed by atoms with Gasteiger partial charge in [-0.1, -0.05) is 12.1 Å².